The minimum Gasteiger partial charge on any atom is -0.488 e. The van der Waals surface area contributed by atoms with E-state index in [-0.39, 0.29) is 17.3 Å². The fraction of sp³-hybridized carbons (Fsp3) is 0.417. The van der Waals surface area contributed by atoms with Gasteiger partial charge in [-0.05, 0) is 24.8 Å². The van der Waals surface area contributed by atoms with Crippen LogP contribution in [0.2, 0.25) is 0 Å². The van der Waals surface area contributed by atoms with Gasteiger partial charge in [0.1, 0.15) is 11.9 Å². The Morgan fingerprint density at radius 3 is 3.06 bits per heavy atom. The van der Waals surface area contributed by atoms with Crippen molar-refractivity contribution in [1.82, 2.24) is 0 Å². The highest BCUT2D eigenvalue weighted by Gasteiger charge is 2.22. The average Bonchev–Trinajstić information content (AvgIpc) is 2.76. The number of carbonyl (C=O) groups excluding carboxylic acids is 1. The molecule has 4 heteroatoms. The average molecular weight is 257 g/mol. The number of hydrogen-bond acceptors (Lipinski definition) is 3. The monoisotopic (exact) mass is 256 g/mol. The van der Waals surface area contributed by atoms with Crippen LogP contribution in [-0.2, 0) is 9.53 Å². The minimum absolute atomic E-state index is 0.0666. The summed E-state index contributed by atoms with van der Waals surface area (Å²) in [5, 5.41) is 1.86. The Morgan fingerprint density at radius 1 is 1.56 bits per heavy atom. The van der Waals surface area contributed by atoms with Gasteiger partial charge in [-0.15, -0.1) is 22.9 Å². The first-order valence-electron chi connectivity index (χ1n) is 5.26. The Bertz CT molecular complexity index is 397. The molecule has 1 aliphatic rings. The van der Waals surface area contributed by atoms with Crippen molar-refractivity contribution in [2.24, 2.45) is 0 Å². The molecule has 0 unspecified atom stereocenters. The second kappa shape index (κ2) is 5.02. The van der Waals surface area contributed by atoms with Crippen molar-refractivity contribution in [3.63, 3.8) is 0 Å². The molecule has 0 fully saturated rings. The molecule has 0 amide bonds. The normalized spacial score (nSPS) is 29.9. The molecule has 0 bridgehead atoms. The number of carbonyl (C=O) groups is 1. The summed E-state index contributed by atoms with van der Waals surface area (Å²) in [6.45, 7) is 1.94. The minimum atomic E-state index is -0.104. The number of rotatable bonds is 1. The number of ketones is 1. The van der Waals surface area contributed by atoms with Gasteiger partial charge in [0.15, 0.2) is 5.78 Å². The highest BCUT2D eigenvalue weighted by atomic mass is 35.5. The second-order valence-electron chi connectivity index (χ2n) is 3.83. The van der Waals surface area contributed by atoms with Crippen molar-refractivity contribution in [3.05, 3.63) is 28.5 Å². The molecular formula is C12H13ClO2S. The molecule has 0 spiro atoms. The zero-order valence-corrected chi connectivity index (χ0v) is 10.6. The van der Waals surface area contributed by atoms with Crippen LogP contribution in [-0.4, -0.2) is 17.3 Å². The van der Waals surface area contributed by atoms with E-state index in [0.717, 1.165) is 4.88 Å². The van der Waals surface area contributed by atoms with Crippen LogP contribution in [0.25, 0.3) is 5.76 Å². The number of allylic oxidation sites excluding steroid dienone is 1. The molecular weight excluding hydrogens is 244 g/mol. The molecule has 0 N–H and O–H groups in total. The van der Waals surface area contributed by atoms with Gasteiger partial charge < -0.3 is 4.74 Å². The lowest BCUT2D eigenvalue weighted by atomic mass is 10.1. The fourth-order valence-corrected chi connectivity index (χ4v) is 2.43. The van der Waals surface area contributed by atoms with Crippen molar-refractivity contribution >= 4 is 34.5 Å². The predicted octanol–water partition coefficient (Wildman–Crippen LogP) is 3.46. The van der Waals surface area contributed by atoms with E-state index in [4.69, 9.17) is 16.3 Å². The number of halogens is 1. The van der Waals surface area contributed by atoms with Crippen molar-refractivity contribution in [1.29, 1.82) is 0 Å². The number of alkyl halides is 1. The van der Waals surface area contributed by atoms with Crippen LogP contribution in [0, 0.1) is 0 Å². The third-order valence-corrected chi connectivity index (χ3v) is 4.00. The summed E-state index contributed by atoms with van der Waals surface area (Å²) in [6, 6.07) is 3.89. The Kier molecular flexibility index (Phi) is 3.66. The Balaban J connectivity index is 2.27. The molecule has 2 atom stereocenters. The van der Waals surface area contributed by atoms with E-state index in [2.05, 4.69) is 0 Å². The van der Waals surface area contributed by atoms with Gasteiger partial charge in [0.2, 0.25) is 0 Å². The van der Waals surface area contributed by atoms with E-state index in [9.17, 15) is 4.79 Å². The summed E-state index contributed by atoms with van der Waals surface area (Å²) in [6.07, 6.45) is 2.69. The van der Waals surface area contributed by atoms with Crippen molar-refractivity contribution in [3.8, 4) is 0 Å². The molecule has 0 saturated carbocycles. The first kappa shape index (κ1) is 11.7. The largest absolute Gasteiger partial charge is 0.488 e. The summed E-state index contributed by atoms with van der Waals surface area (Å²) in [7, 11) is 0. The Labute approximate surface area is 104 Å². The molecule has 0 saturated heterocycles. The van der Waals surface area contributed by atoms with Crippen LogP contribution in [0.4, 0.5) is 0 Å². The molecule has 2 rings (SSSR count). The molecule has 86 valence electrons. The quantitative estimate of drug-likeness (QED) is 0.720. The van der Waals surface area contributed by atoms with Crippen molar-refractivity contribution in [2.45, 2.75) is 31.2 Å². The maximum absolute atomic E-state index is 11.6. The molecule has 2 nitrogen and oxygen atoms in total. The van der Waals surface area contributed by atoms with E-state index in [1.54, 1.807) is 17.4 Å². The number of hydrogen-bond donors (Lipinski definition) is 0. The van der Waals surface area contributed by atoms with Gasteiger partial charge in [0, 0.05) is 12.5 Å². The first-order valence-corrected chi connectivity index (χ1v) is 6.57. The lowest BCUT2D eigenvalue weighted by molar-refractivity contribution is -0.115. The topological polar surface area (TPSA) is 26.3 Å². The van der Waals surface area contributed by atoms with Crippen LogP contribution >= 0.6 is 22.9 Å². The molecule has 0 radical (unpaired) electrons. The van der Waals surface area contributed by atoms with E-state index in [1.165, 1.54) is 0 Å². The van der Waals surface area contributed by atoms with Crippen LogP contribution in [0.5, 0.6) is 0 Å². The fourth-order valence-electron chi connectivity index (χ4n) is 1.59. The van der Waals surface area contributed by atoms with Gasteiger partial charge in [0.05, 0.1) is 10.3 Å². The zero-order chi connectivity index (χ0) is 11.5. The van der Waals surface area contributed by atoms with E-state index >= 15 is 0 Å². The first-order chi connectivity index (χ1) is 7.66. The third-order valence-electron chi connectivity index (χ3n) is 2.54. The van der Waals surface area contributed by atoms with E-state index in [0.29, 0.717) is 18.6 Å². The van der Waals surface area contributed by atoms with E-state index in [1.807, 2.05) is 24.4 Å². The van der Waals surface area contributed by atoms with Gasteiger partial charge in [-0.1, -0.05) is 6.07 Å². The molecule has 1 aromatic rings. The maximum atomic E-state index is 11.6. The number of thiophene rings is 1. The highest BCUT2D eigenvalue weighted by molar-refractivity contribution is 7.11. The lowest BCUT2D eigenvalue weighted by Crippen LogP contribution is -2.23. The lowest BCUT2D eigenvalue weighted by Gasteiger charge is -2.23. The van der Waals surface area contributed by atoms with Gasteiger partial charge in [-0.3, -0.25) is 4.79 Å². The third kappa shape index (κ3) is 2.66. The van der Waals surface area contributed by atoms with Gasteiger partial charge in [0.25, 0.3) is 0 Å². The summed E-state index contributed by atoms with van der Waals surface area (Å²) in [4.78, 5) is 12.6. The molecule has 1 aromatic heterocycles. The van der Waals surface area contributed by atoms with Crippen molar-refractivity contribution < 1.29 is 9.53 Å². The summed E-state index contributed by atoms with van der Waals surface area (Å²) in [5.74, 6) is 0.735. The van der Waals surface area contributed by atoms with Gasteiger partial charge in [-0.2, -0.15) is 0 Å². The highest BCUT2D eigenvalue weighted by Crippen LogP contribution is 2.27. The van der Waals surface area contributed by atoms with Crippen molar-refractivity contribution in [2.75, 3.05) is 0 Å². The number of ether oxygens (including phenoxy) is 1. The molecule has 2 heterocycles. The maximum Gasteiger partial charge on any atom is 0.159 e. The second-order valence-corrected chi connectivity index (χ2v) is 5.34. The standard InChI is InChI=1S/C12H13ClO2S/c1-8-10(13)5-4-9(14)7-11(15-8)12-3-2-6-16-12/h2-3,6-8,10H,4-5H2,1H3/b11-7-/t8-,10-/m1/s1. The SMILES string of the molecule is C[C@H]1O/C(c2cccs2)=C\C(=O)CC[C@H]1Cl. The predicted molar refractivity (Wildman–Crippen MR) is 66.7 cm³/mol. The Hall–Kier alpha value is -0.800. The van der Waals surface area contributed by atoms with Gasteiger partial charge >= 0.3 is 0 Å². The Morgan fingerprint density at radius 2 is 2.38 bits per heavy atom. The molecule has 16 heavy (non-hydrogen) atoms. The zero-order valence-electron chi connectivity index (χ0n) is 8.98. The smallest absolute Gasteiger partial charge is 0.159 e. The van der Waals surface area contributed by atoms with Crippen LogP contribution < -0.4 is 0 Å². The molecule has 1 aliphatic heterocycles. The summed E-state index contributed by atoms with van der Waals surface area (Å²) < 4.78 is 5.74. The van der Waals surface area contributed by atoms with Crippen LogP contribution in [0.15, 0.2) is 23.6 Å². The molecule has 0 aromatic carbocycles. The van der Waals surface area contributed by atoms with Gasteiger partial charge in [-0.25, -0.2) is 0 Å². The van der Waals surface area contributed by atoms with Crippen LogP contribution in [0.1, 0.15) is 24.6 Å². The molecule has 0 aliphatic carbocycles. The summed E-state index contributed by atoms with van der Waals surface area (Å²) >= 11 is 7.70. The van der Waals surface area contributed by atoms with E-state index < -0.39 is 0 Å². The summed E-state index contributed by atoms with van der Waals surface area (Å²) in [5.41, 5.74) is 0. The van der Waals surface area contributed by atoms with Crippen LogP contribution in [0.3, 0.4) is 0 Å².